The van der Waals surface area contributed by atoms with Crippen LogP contribution in [-0.4, -0.2) is 28.5 Å². The standard InChI is InChI=1S/C12H20BrN3O/c1-9-11(13)10(16(3)15-9)8-14-12(2)4-6-17-7-5-12/h14H,4-8H2,1-3H3. The van der Waals surface area contributed by atoms with Crippen molar-refractivity contribution in [2.24, 2.45) is 7.05 Å². The molecule has 0 radical (unpaired) electrons. The van der Waals surface area contributed by atoms with E-state index in [0.717, 1.165) is 42.8 Å². The van der Waals surface area contributed by atoms with E-state index in [1.165, 1.54) is 5.69 Å². The third-order valence-corrected chi connectivity index (χ3v) is 4.57. The van der Waals surface area contributed by atoms with Crippen molar-refractivity contribution < 1.29 is 4.74 Å². The Hall–Kier alpha value is -0.390. The van der Waals surface area contributed by atoms with Crippen molar-refractivity contribution in [2.45, 2.75) is 38.8 Å². The summed E-state index contributed by atoms with van der Waals surface area (Å²) in [6, 6.07) is 0. The first-order valence-corrected chi connectivity index (χ1v) is 6.82. The Bertz CT molecular complexity index is 397. The van der Waals surface area contributed by atoms with Crippen molar-refractivity contribution in [1.29, 1.82) is 0 Å². The molecule has 1 saturated heterocycles. The highest BCUT2D eigenvalue weighted by Gasteiger charge is 2.27. The smallest absolute Gasteiger partial charge is 0.0739 e. The average Bonchev–Trinajstić information content (AvgIpc) is 2.52. The van der Waals surface area contributed by atoms with Crippen LogP contribution in [0.1, 0.15) is 31.2 Å². The van der Waals surface area contributed by atoms with E-state index in [4.69, 9.17) is 4.74 Å². The summed E-state index contributed by atoms with van der Waals surface area (Å²) in [5, 5.41) is 8.04. The minimum absolute atomic E-state index is 0.190. The molecule has 2 heterocycles. The molecule has 17 heavy (non-hydrogen) atoms. The summed E-state index contributed by atoms with van der Waals surface area (Å²) in [5.74, 6) is 0. The van der Waals surface area contributed by atoms with Crippen LogP contribution in [-0.2, 0) is 18.3 Å². The molecule has 0 spiro atoms. The number of aryl methyl sites for hydroxylation is 2. The van der Waals surface area contributed by atoms with Crippen molar-refractivity contribution in [1.82, 2.24) is 15.1 Å². The monoisotopic (exact) mass is 301 g/mol. The van der Waals surface area contributed by atoms with E-state index in [1.54, 1.807) is 0 Å². The molecule has 0 saturated carbocycles. The summed E-state index contributed by atoms with van der Waals surface area (Å²) >= 11 is 3.60. The van der Waals surface area contributed by atoms with Crippen LogP contribution in [0.4, 0.5) is 0 Å². The number of ether oxygens (including phenoxy) is 1. The maximum absolute atomic E-state index is 5.40. The third-order valence-electron chi connectivity index (χ3n) is 3.54. The van der Waals surface area contributed by atoms with Crippen LogP contribution < -0.4 is 5.32 Å². The lowest BCUT2D eigenvalue weighted by Gasteiger charge is -2.34. The number of nitrogens with zero attached hydrogens (tertiary/aromatic N) is 2. The Morgan fingerprint density at radius 2 is 2.12 bits per heavy atom. The molecule has 5 heteroatoms. The van der Waals surface area contributed by atoms with Crippen LogP contribution in [0.15, 0.2) is 4.47 Å². The van der Waals surface area contributed by atoms with Gasteiger partial charge in [-0.2, -0.15) is 5.10 Å². The van der Waals surface area contributed by atoms with E-state index < -0.39 is 0 Å². The topological polar surface area (TPSA) is 39.1 Å². The predicted octanol–water partition coefficient (Wildman–Crippen LogP) is 2.15. The van der Waals surface area contributed by atoms with E-state index in [-0.39, 0.29) is 5.54 Å². The van der Waals surface area contributed by atoms with Gasteiger partial charge in [0.2, 0.25) is 0 Å². The second-order valence-corrected chi connectivity index (χ2v) is 5.79. The molecule has 96 valence electrons. The van der Waals surface area contributed by atoms with Crippen molar-refractivity contribution >= 4 is 15.9 Å². The predicted molar refractivity (Wildman–Crippen MR) is 70.9 cm³/mol. The van der Waals surface area contributed by atoms with Crippen molar-refractivity contribution in [2.75, 3.05) is 13.2 Å². The van der Waals surface area contributed by atoms with Crippen molar-refractivity contribution in [3.05, 3.63) is 15.9 Å². The second kappa shape index (κ2) is 5.08. The van der Waals surface area contributed by atoms with Gasteiger partial charge < -0.3 is 10.1 Å². The van der Waals surface area contributed by atoms with E-state index in [1.807, 2.05) is 18.7 Å². The van der Waals surface area contributed by atoms with Crippen molar-refractivity contribution in [3.63, 3.8) is 0 Å². The Morgan fingerprint density at radius 1 is 1.47 bits per heavy atom. The Morgan fingerprint density at radius 3 is 2.65 bits per heavy atom. The maximum Gasteiger partial charge on any atom is 0.0739 e. The molecule has 4 nitrogen and oxygen atoms in total. The molecule has 1 aliphatic rings. The fourth-order valence-corrected chi connectivity index (χ4v) is 2.64. The zero-order chi connectivity index (χ0) is 12.5. The van der Waals surface area contributed by atoms with Gasteiger partial charge in [0.05, 0.1) is 15.9 Å². The molecule has 0 atom stereocenters. The SMILES string of the molecule is Cc1nn(C)c(CNC2(C)CCOCC2)c1Br. The molecular formula is C12H20BrN3O. The summed E-state index contributed by atoms with van der Waals surface area (Å²) in [6.45, 7) is 6.84. The summed E-state index contributed by atoms with van der Waals surface area (Å²) in [6.07, 6.45) is 2.14. The van der Waals surface area contributed by atoms with Gasteiger partial charge in [0.25, 0.3) is 0 Å². The quantitative estimate of drug-likeness (QED) is 0.930. The number of halogens is 1. The number of nitrogens with one attached hydrogen (secondary N) is 1. The van der Waals surface area contributed by atoms with Crippen LogP contribution in [0.3, 0.4) is 0 Å². The molecule has 0 bridgehead atoms. The molecule has 0 amide bonds. The lowest BCUT2D eigenvalue weighted by Crippen LogP contribution is -2.46. The highest BCUT2D eigenvalue weighted by molar-refractivity contribution is 9.10. The lowest BCUT2D eigenvalue weighted by atomic mass is 9.92. The van der Waals surface area contributed by atoms with Crippen LogP contribution in [0.25, 0.3) is 0 Å². The molecule has 1 fully saturated rings. The summed E-state index contributed by atoms with van der Waals surface area (Å²) in [7, 11) is 1.99. The van der Waals surface area contributed by atoms with Gasteiger partial charge in [0.15, 0.2) is 0 Å². The number of hydrogen-bond acceptors (Lipinski definition) is 3. The molecule has 2 rings (SSSR count). The van der Waals surface area contributed by atoms with E-state index in [2.05, 4.69) is 33.3 Å². The molecule has 0 aromatic carbocycles. The van der Waals surface area contributed by atoms with E-state index >= 15 is 0 Å². The number of hydrogen-bond donors (Lipinski definition) is 1. The molecule has 1 aliphatic heterocycles. The first kappa shape index (κ1) is 13.1. The maximum atomic E-state index is 5.40. The zero-order valence-electron chi connectivity index (χ0n) is 10.7. The third kappa shape index (κ3) is 2.89. The fraction of sp³-hybridized carbons (Fsp3) is 0.750. The molecule has 1 aromatic heterocycles. The lowest BCUT2D eigenvalue weighted by molar-refractivity contribution is 0.0443. The van der Waals surface area contributed by atoms with E-state index in [0.29, 0.717) is 0 Å². The highest BCUT2D eigenvalue weighted by Crippen LogP contribution is 2.23. The molecule has 1 aromatic rings. The zero-order valence-corrected chi connectivity index (χ0v) is 12.3. The number of rotatable bonds is 3. The second-order valence-electron chi connectivity index (χ2n) is 5.00. The molecule has 1 N–H and O–H groups in total. The van der Waals surface area contributed by atoms with Gasteiger partial charge in [0.1, 0.15) is 0 Å². The Kier molecular flexibility index (Phi) is 3.90. The van der Waals surface area contributed by atoms with Gasteiger partial charge in [-0.15, -0.1) is 0 Å². The Labute approximate surface area is 111 Å². The van der Waals surface area contributed by atoms with Crippen molar-refractivity contribution in [3.8, 4) is 0 Å². The summed E-state index contributed by atoms with van der Waals surface area (Å²) in [5.41, 5.74) is 2.44. The van der Waals surface area contributed by atoms with Gasteiger partial charge in [-0.25, -0.2) is 0 Å². The minimum atomic E-state index is 0.190. The highest BCUT2D eigenvalue weighted by atomic mass is 79.9. The summed E-state index contributed by atoms with van der Waals surface area (Å²) < 4.78 is 8.46. The molecule has 0 aliphatic carbocycles. The van der Waals surface area contributed by atoms with Crippen LogP contribution in [0, 0.1) is 6.92 Å². The normalized spacial score (nSPS) is 19.5. The fourth-order valence-electron chi connectivity index (χ4n) is 2.17. The first-order valence-electron chi connectivity index (χ1n) is 6.02. The van der Waals surface area contributed by atoms with Crippen LogP contribution in [0.2, 0.25) is 0 Å². The van der Waals surface area contributed by atoms with Crippen LogP contribution in [0.5, 0.6) is 0 Å². The number of aromatic nitrogens is 2. The van der Waals surface area contributed by atoms with Gasteiger partial charge in [0, 0.05) is 32.3 Å². The molecular weight excluding hydrogens is 282 g/mol. The van der Waals surface area contributed by atoms with Gasteiger partial charge in [-0.1, -0.05) is 0 Å². The minimum Gasteiger partial charge on any atom is -0.381 e. The first-order chi connectivity index (χ1) is 8.02. The van der Waals surface area contributed by atoms with Gasteiger partial charge in [-0.05, 0) is 42.6 Å². The van der Waals surface area contributed by atoms with Crippen LogP contribution >= 0.6 is 15.9 Å². The van der Waals surface area contributed by atoms with Gasteiger partial charge >= 0.3 is 0 Å². The Balaban J connectivity index is 2.01. The van der Waals surface area contributed by atoms with Gasteiger partial charge in [-0.3, -0.25) is 4.68 Å². The largest absolute Gasteiger partial charge is 0.381 e. The van der Waals surface area contributed by atoms with E-state index in [9.17, 15) is 0 Å². The summed E-state index contributed by atoms with van der Waals surface area (Å²) in [4.78, 5) is 0. The molecule has 0 unspecified atom stereocenters. The average molecular weight is 302 g/mol.